The molecule has 1 aromatic carbocycles. The largest absolute Gasteiger partial charge is 0.352 e. The molecule has 6 nitrogen and oxygen atoms in total. The number of aryl methyl sites for hydroxylation is 1. The molecule has 0 bridgehead atoms. The van der Waals surface area contributed by atoms with E-state index in [1.807, 2.05) is 40.7 Å². The predicted molar refractivity (Wildman–Crippen MR) is 102 cm³/mol. The van der Waals surface area contributed by atoms with E-state index in [9.17, 15) is 14.4 Å². The van der Waals surface area contributed by atoms with Crippen LogP contribution in [0.15, 0.2) is 18.2 Å². The molecule has 1 atom stereocenters. The molecule has 1 aromatic rings. The van der Waals surface area contributed by atoms with Gasteiger partial charge in [-0.05, 0) is 44.4 Å². The fraction of sp³-hybridized carbons (Fsp3) is 0.550. The van der Waals surface area contributed by atoms with Gasteiger partial charge in [-0.2, -0.15) is 0 Å². The minimum atomic E-state index is -0.517. The van der Waals surface area contributed by atoms with Crippen molar-refractivity contribution in [3.63, 3.8) is 0 Å². The summed E-state index contributed by atoms with van der Waals surface area (Å²) in [5.41, 5.74) is 1.46. The Balaban J connectivity index is 2.17. The number of nitrogens with zero attached hydrogens (tertiary/aromatic N) is 1. The van der Waals surface area contributed by atoms with Crippen molar-refractivity contribution in [3.05, 3.63) is 29.3 Å². The Morgan fingerprint density at radius 1 is 1.23 bits per heavy atom. The summed E-state index contributed by atoms with van der Waals surface area (Å²) in [6, 6.07) is 4.77. The minimum Gasteiger partial charge on any atom is -0.352 e. The molecule has 1 aliphatic heterocycles. The molecule has 1 unspecified atom stereocenters. The normalized spacial score (nSPS) is 17.1. The molecule has 0 spiro atoms. The second-order valence-corrected chi connectivity index (χ2v) is 7.78. The minimum absolute atomic E-state index is 0.0112. The van der Waals surface area contributed by atoms with Gasteiger partial charge in [-0.3, -0.25) is 14.4 Å². The zero-order chi connectivity index (χ0) is 19.5. The smallest absolute Gasteiger partial charge is 0.251 e. The Bertz CT molecular complexity index is 707. The first-order valence-corrected chi connectivity index (χ1v) is 9.16. The summed E-state index contributed by atoms with van der Waals surface area (Å²) >= 11 is 0. The second-order valence-electron chi connectivity index (χ2n) is 7.78. The Kier molecular flexibility index (Phi) is 6.05. The van der Waals surface area contributed by atoms with E-state index >= 15 is 0 Å². The van der Waals surface area contributed by atoms with Crippen LogP contribution in [0.4, 0.5) is 5.69 Å². The maximum atomic E-state index is 12.8. The van der Waals surface area contributed by atoms with Crippen molar-refractivity contribution in [1.29, 1.82) is 0 Å². The highest BCUT2D eigenvalue weighted by Gasteiger charge is 2.38. The van der Waals surface area contributed by atoms with Crippen molar-refractivity contribution in [2.75, 3.05) is 18.4 Å². The molecule has 6 heteroatoms. The Hall–Kier alpha value is -2.37. The van der Waals surface area contributed by atoms with Gasteiger partial charge in [0.15, 0.2) is 0 Å². The van der Waals surface area contributed by atoms with E-state index in [-0.39, 0.29) is 17.7 Å². The lowest BCUT2D eigenvalue weighted by atomic mass is 9.94. The number of likely N-dealkylation sites (tertiary alicyclic amines) is 1. The maximum Gasteiger partial charge on any atom is 0.251 e. The van der Waals surface area contributed by atoms with Crippen molar-refractivity contribution < 1.29 is 14.4 Å². The van der Waals surface area contributed by atoms with Gasteiger partial charge in [0.05, 0.1) is 0 Å². The summed E-state index contributed by atoms with van der Waals surface area (Å²) in [4.78, 5) is 39.1. The fourth-order valence-corrected chi connectivity index (χ4v) is 3.09. The van der Waals surface area contributed by atoms with Gasteiger partial charge in [-0.1, -0.05) is 26.8 Å². The van der Waals surface area contributed by atoms with Crippen LogP contribution >= 0.6 is 0 Å². The van der Waals surface area contributed by atoms with Gasteiger partial charge in [0, 0.05) is 29.8 Å². The molecule has 1 heterocycles. The first-order valence-electron chi connectivity index (χ1n) is 9.16. The number of hydrogen-bond donors (Lipinski definition) is 2. The van der Waals surface area contributed by atoms with Crippen LogP contribution in [0.5, 0.6) is 0 Å². The molecule has 0 radical (unpaired) electrons. The molecule has 3 amide bonds. The standard InChI is InChI=1S/C20H29N3O3/c1-6-21-17(24)14-10-9-13(2)15(12-14)22-18(25)16-8-7-11-23(16)19(26)20(3,4)5/h9-10,12,16H,6-8,11H2,1-5H3,(H,21,24)(H,22,25). The van der Waals surface area contributed by atoms with Crippen molar-refractivity contribution >= 4 is 23.4 Å². The summed E-state index contributed by atoms with van der Waals surface area (Å²) < 4.78 is 0. The van der Waals surface area contributed by atoms with Gasteiger partial charge in [0.1, 0.15) is 6.04 Å². The maximum absolute atomic E-state index is 12.8. The fourth-order valence-electron chi connectivity index (χ4n) is 3.09. The number of hydrogen-bond acceptors (Lipinski definition) is 3. The third-order valence-electron chi connectivity index (χ3n) is 4.55. The Morgan fingerprint density at radius 3 is 2.54 bits per heavy atom. The van der Waals surface area contributed by atoms with Crippen LogP contribution in [0, 0.1) is 12.3 Å². The molecule has 2 N–H and O–H groups in total. The quantitative estimate of drug-likeness (QED) is 0.868. The lowest BCUT2D eigenvalue weighted by Gasteiger charge is -2.30. The second kappa shape index (κ2) is 7.89. The molecule has 0 aromatic heterocycles. The molecular weight excluding hydrogens is 330 g/mol. The van der Waals surface area contributed by atoms with E-state index in [1.54, 1.807) is 17.0 Å². The average Bonchev–Trinajstić information content (AvgIpc) is 3.05. The van der Waals surface area contributed by atoms with Gasteiger partial charge in [-0.15, -0.1) is 0 Å². The molecule has 1 fully saturated rings. The van der Waals surface area contributed by atoms with E-state index in [0.29, 0.717) is 30.8 Å². The number of benzene rings is 1. The highest BCUT2D eigenvalue weighted by atomic mass is 16.2. The lowest BCUT2D eigenvalue weighted by molar-refractivity contribution is -0.143. The first-order chi connectivity index (χ1) is 12.1. The molecule has 1 aliphatic rings. The van der Waals surface area contributed by atoms with Crippen molar-refractivity contribution in [2.24, 2.45) is 5.41 Å². The summed E-state index contributed by atoms with van der Waals surface area (Å²) in [6.45, 7) is 10.5. The van der Waals surface area contributed by atoms with Crippen LogP contribution in [0.3, 0.4) is 0 Å². The van der Waals surface area contributed by atoms with Crippen LogP contribution < -0.4 is 10.6 Å². The topological polar surface area (TPSA) is 78.5 Å². The zero-order valence-electron chi connectivity index (χ0n) is 16.3. The van der Waals surface area contributed by atoms with Gasteiger partial charge in [0.25, 0.3) is 5.91 Å². The first kappa shape index (κ1) is 19.9. The number of carbonyl (C=O) groups excluding carboxylic acids is 3. The number of anilines is 1. The van der Waals surface area contributed by atoms with E-state index in [4.69, 9.17) is 0 Å². The number of nitrogens with one attached hydrogen (secondary N) is 2. The summed E-state index contributed by atoms with van der Waals surface area (Å²) in [5.74, 6) is -0.382. The Morgan fingerprint density at radius 2 is 1.92 bits per heavy atom. The summed E-state index contributed by atoms with van der Waals surface area (Å²) in [7, 11) is 0. The third kappa shape index (κ3) is 4.42. The van der Waals surface area contributed by atoms with Crippen LogP contribution in [0.25, 0.3) is 0 Å². The van der Waals surface area contributed by atoms with Gasteiger partial charge >= 0.3 is 0 Å². The molecule has 0 aliphatic carbocycles. The number of carbonyl (C=O) groups is 3. The summed E-state index contributed by atoms with van der Waals surface area (Å²) in [6.07, 6.45) is 1.47. The molecule has 142 valence electrons. The van der Waals surface area contributed by atoms with Crippen LogP contribution in [0.1, 0.15) is 56.5 Å². The van der Waals surface area contributed by atoms with Crippen molar-refractivity contribution in [3.8, 4) is 0 Å². The van der Waals surface area contributed by atoms with E-state index in [2.05, 4.69) is 10.6 Å². The van der Waals surface area contributed by atoms with Crippen LogP contribution in [-0.2, 0) is 9.59 Å². The molecule has 0 saturated carbocycles. The monoisotopic (exact) mass is 359 g/mol. The van der Waals surface area contributed by atoms with Crippen LogP contribution in [-0.4, -0.2) is 41.8 Å². The van der Waals surface area contributed by atoms with E-state index < -0.39 is 11.5 Å². The molecular formula is C20H29N3O3. The van der Waals surface area contributed by atoms with Crippen molar-refractivity contribution in [2.45, 2.75) is 53.5 Å². The number of rotatable bonds is 4. The highest BCUT2D eigenvalue weighted by Crippen LogP contribution is 2.27. The molecule has 1 saturated heterocycles. The SMILES string of the molecule is CCNC(=O)c1ccc(C)c(NC(=O)C2CCCN2C(=O)C(C)(C)C)c1. The Labute approximate surface area is 155 Å². The predicted octanol–water partition coefficient (Wildman–Crippen LogP) is 2.72. The van der Waals surface area contributed by atoms with E-state index in [1.165, 1.54) is 0 Å². The third-order valence-corrected chi connectivity index (χ3v) is 4.55. The summed E-state index contributed by atoms with van der Waals surface area (Å²) in [5, 5.41) is 5.66. The highest BCUT2D eigenvalue weighted by molar-refractivity contribution is 6.00. The van der Waals surface area contributed by atoms with E-state index in [0.717, 1.165) is 12.0 Å². The number of amides is 3. The average molecular weight is 359 g/mol. The molecule has 26 heavy (non-hydrogen) atoms. The van der Waals surface area contributed by atoms with Crippen LogP contribution in [0.2, 0.25) is 0 Å². The van der Waals surface area contributed by atoms with Gasteiger partial charge in [0.2, 0.25) is 11.8 Å². The molecule has 2 rings (SSSR count). The zero-order valence-corrected chi connectivity index (χ0v) is 16.3. The van der Waals surface area contributed by atoms with Gasteiger partial charge in [-0.25, -0.2) is 0 Å². The van der Waals surface area contributed by atoms with Crippen molar-refractivity contribution in [1.82, 2.24) is 10.2 Å². The lowest BCUT2D eigenvalue weighted by Crippen LogP contribution is -2.47. The van der Waals surface area contributed by atoms with Gasteiger partial charge < -0.3 is 15.5 Å².